The number of anilines is 2. The molecule has 3 rings (SSSR count). The Morgan fingerprint density at radius 3 is 2.86 bits per heavy atom. The lowest BCUT2D eigenvalue weighted by Crippen LogP contribution is -2.13. The summed E-state index contributed by atoms with van der Waals surface area (Å²) >= 11 is 1.60. The van der Waals surface area contributed by atoms with E-state index in [2.05, 4.69) is 36.9 Å². The van der Waals surface area contributed by atoms with Crippen molar-refractivity contribution >= 4 is 33.3 Å². The van der Waals surface area contributed by atoms with Crippen molar-refractivity contribution < 1.29 is 4.52 Å². The predicted molar refractivity (Wildman–Crippen MR) is 81.2 cm³/mol. The van der Waals surface area contributed by atoms with Crippen LogP contribution in [0.15, 0.2) is 10.6 Å². The number of nitrogens with zero attached hydrogens (tertiary/aromatic N) is 4. The summed E-state index contributed by atoms with van der Waals surface area (Å²) in [5, 5.41) is 8.01. The molecule has 3 aromatic heterocycles. The molecule has 0 aliphatic rings. The molecule has 0 unspecified atom stereocenters. The van der Waals surface area contributed by atoms with Crippen LogP contribution in [0.4, 0.5) is 11.8 Å². The quantitative estimate of drug-likeness (QED) is 0.481. The van der Waals surface area contributed by atoms with Gasteiger partial charge in [0, 0.05) is 17.8 Å². The van der Waals surface area contributed by atoms with Crippen LogP contribution >= 0.6 is 11.3 Å². The zero-order valence-corrected chi connectivity index (χ0v) is 12.5. The average molecular weight is 305 g/mol. The second-order valence-electron chi connectivity index (χ2n) is 4.53. The van der Waals surface area contributed by atoms with Crippen molar-refractivity contribution in [3.63, 3.8) is 0 Å². The summed E-state index contributed by atoms with van der Waals surface area (Å²) in [6.45, 7) is 4.46. The second-order valence-corrected chi connectivity index (χ2v) is 5.76. The third-order valence-electron chi connectivity index (χ3n) is 2.85. The van der Waals surface area contributed by atoms with Crippen LogP contribution in [0.3, 0.4) is 0 Å². The Kier molecular flexibility index (Phi) is 3.67. The van der Waals surface area contributed by atoms with E-state index in [0.717, 1.165) is 16.0 Å². The maximum Gasteiger partial charge on any atom is 0.240 e. The highest BCUT2D eigenvalue weighted by Crippen LogP contribution is 2.29. The van der Waals surface area contributed by atoms with E-state index in [-0.39, 0.29) is 0 Å². The van der Waals surface area contributed by atoms with Crippen molar-refractivity contribution in [1.29, 1.82) is 0 Å². The molecule has 3 aromatic rings. The van der Waals surface area contributed by atoms with E-state index in [9.17, 15) is 0 Å². The van der Waals surface area contributed by atoms with Gasteiger partial charge in [-0.1, -0.05) is 5.16 Å². The molecule has 0 aliphatic carbocycles. The van der Waals surface area contributed by atoms with E-state index >= 15 is 0 Å². The van der Waals surface area contributed by atoms with Gasteiger partial charge in [0.1, 0.15) is 10.6 Å². The van der Waals surface area contributed by atoms with Gasteiger partial charge < -0.3 is 9.84 Å². The molecule has 8 nitrogen and oxygen atoms in total. The molecular weight excluding hydrogens is 290 g/mol. The molecule has 0 saturated carbocycles. The van der Waals surface area contributed by atoms with Gasteiger partial charge in [0.25, 0.3) is 0 Å². The number of nitrogen functional groups attached to an aromatic ring is 1. The first kappa shape index (κ1) is 13.7. The molecule has 3 heterocycles. The monoisotopic (exact) mass is 305 g/mol. The molecule has 4 N–H and O–H groups in total. The minimum atomic E-state index is 0.389. The number of fused-ring (bicyclic) bond motifs is 1. The highest BCUT2D eigenvalue weighted by molar-refractivity contribution is 7.18. The number of nitrogens with two attached hydrogens (primary N) is 1. The summed E-state index contributed by atoms with van der Waals surface area (Å²) in [5.41, 5.74) is 2.48. The molecular formula is C12H15N7OS. The fraction of sp³-hybridized carbons (Fsp3) is 0.333. The molecule has 0 amide bonds. The Bertz CT molecular complexity index is 766. The lowest BCUT2D eigenvalue weighted by Gasteiger charge is -2.07. The van der Waals surface area contributed by atoms with Gasteiger partial charge in [0.15, 0.2) is 5.82 Å². The summed E-state index contributed by atoms with van der Waals surface area (Å²) < 4.78 is 5.07. The standard InChI is InChI=1S/C12H15N7OS/c1-6-5-8-10(16-12(18-13)17-11(8)21-6)14-4-3-9-15-7(2)19-20-9/h5H,3-4,13H2,1-2H3,(H2,14,16,17,18). The largest absolute Gasteiger partial charge is 0.369 e. The number of aromatic nitrogens is 4. The molecule has 0 aromatic carbocycles. The molecule has 110 valence electrons. The van der Waals surface area contributed by atoms with E-state index in [1.807, 2.05) is 6.92 Å². The third-order valence-corrected chi connectivity index (χ3v) is 3.79. The van der Waals surface area contributed by atoms with Crippen LogP contribution in [0, 0.1) is 13.8 Å². The Labute approximate surface area is 124 Å². The summed E-state index contributed by atoms with van der Waals surface area (Å²) in [6, 6.07) is 2.06. The molecule has 0 atom stereocenters. The number of hydrogen-bond acceptors (Lipinski definition) is 9. The van der Waals surface area contributed by atoms with Gasteiger partial charge in [-0.25, -0.2) is 10.8 Å². The molecule has 0 aliphatic heterocycles. The van der Waals surface area contributed by atoms with Crippen molar-refractivity contribution in [2.24, 2.45) is 5.84 Å². The summed E-state index contributed by atoms with van der Waals surface area (Å²) in [4.78, 5) is 14.9. The van der Waals surface area contributed by atoms with E-state index in [1.54, 1.807) is 18.3 Å². The van der Waals surface area contributed by atoms with Gasteiger partial charge in [-0.3, -0.25) is 5.43 Å². The summed E-state index contributed by atoms with van der Waals surface area (Å²) in [6.07, 6.45) is 0.626. The van der Waals surface area contributed by atoms with Gasteiger partial charge in [-0.2, -0.15) is 9.97 Å². The van der Waals surface area contributed by atoms with E-state index in [0.29, 0.717) is 30.6 Å². The lowest BCUT2D eigenvalue weighted by atomic mass is 10.3. The third kappa shape index (κ3) is 2.93. The van der Waals surface area contributed by atoms with Crippen molar-refractivity contribution in [2.45, 2.75) is 20.3 Å². The number of nitrogens with one attached hydrogen (secondary N) is 2. The van der Waals surface area contributed by atoms with Crippen LogP contribution in [0.1, 0.15) is 16.6 Å². The molecule has 21 heavy (non-hydrogen) atoms. The van der Waals surface area contributed by atoms with Gasteiger partial charge in [0.2, 0.25) is 11.8 Å². The first-order chi connectivity index (χ1) is 10.2. The van der Waals surface area contributed by atoms with Crippen molar-refractivity contribution in [3.8, 4) is 0 Å². The minimum Gasteiger partial charge on any atom is -0.369 e. The Hall–Kier alpha value is -2.26. The van der Waals surface area contributed by atoms with Gasteiger partial charge in [-0.15, -0.1) is 11.3 Å². The van der Waals surface area contributed by atoms with Crippen LogP contribution in [-0.2, 0) is 6.42 Å². The Morgan fingerprint density at radius 1 is 1.29 bits per heavy atom. The zero-order chi connectivity index (χ0) is 14.8. The predicted octanol–water partition coefficient (Wildman–Crippen LogP) is 1.63. The topological polar surface area (TPSA) is 115 Å². The number of hydrogen-bond donors (Lipinski definition) is 3. The van der Waals surface area contributed by atoms with Crippen LogP contribution in [-0.4, -0.2) is 26.7 Å². The van der Waals surface area contributed by atoms with Crippen molar-refractivity contribution in [1.82, 2.24) is 20.1 Å². The molecule has 9 heteroatoms. The SMILES string of the molecule is Cc1noc(CCNc2nc(NN)nc3sc(C)cc23)n1. The molecule has 0 saturated heterocycles. The van der Waals surface area contributed by atoms with E-state index < -0.39 is 0 Å². The van der Waals surface area contributed by atoms with Crippen molar-refractivity contribution in [3.05, 3.63) is 22.7 Å². The highest BCUT2D eigenvalue weighted by atomic mass is 32.1. The van der Waals surface area contributed by atoms with E-state index in [1.165, 1.54) is 4.88 Å². The van der Waals surface area contributed by atoms with Gasteiger partial charge in [0.05, 0.1) is 5.39 Å². The second kappa shape index (κ2) is 5.62. The highest BCUT2D eigenvalue weighted by Gasteiger charge is 2.10. The van der Waals surface area contributed by atoms with Crippen LogP contribution in [0.5, 0.6) is 0 Å². The molecule has 0 fully saturated rings. The maximum atomic E-state index is 5.41. The summed E-state index contributed by atoms with van der Waals surface area (Å²) in [5.74, 6) is 7.78. The number of thiophene rings is 1. The Balaban J connectivity index is 1.78. The van der Waals surface area contributed by atoms with Crippen LogP contribution in [0.25, 0.3) is 10.2 Å². The molecule has 0 radical (unpaired) electrons. The smallest absolute Gasteiger partial charge is 0.240 e. The number of aryl methyl sites for hydroxylation is 2. The van der Waals surface area contributed by atoms with Gasteiger partial charge in [-0.05, 0) is 19.9 Å². The first-order valence-corrected chi connectivity index (χ1v) is 7.25. The molecule has 0 bridgehead atoms. The normalized spacial score (nSPS) is 11.0. The maximum absolute atomic E-state index is 5.41. The fourth-order valence-electron chi connectivity index (χ4n) is 1.97. The van der Waals surface area contributed by atoms with Crippen LogP contribution in [0.2, 0.25) is 0 Å². The van der Waals surface area contributed by atoms with Gasteiger partial charge >= 0.3 is 0 Å². The first-order valence-electron chi connectivity index (χ1n) is 6.43. The Morgan fingerprint density at radius 2 is 2.14 bits per heavy atom. The average Bonchev–Trinajstić information content (AvgIpc) is 3.03. The molecule has 0 spiro atoms. The fourth-order valence-corrected chi connectivity index (χ4v) is 2.85. The summed E-state index contributed by atoms with van der Waals surface area (Å²) in [7, 11) is 0. The van der Waals surface area contributed by atoms with Crippen LogP contribution < -0.4 is 16.6 Å². The van der Waals surface area contributed by atoms with E-state index in [4.69, 9.17) is 10.4 Å². The number of hydrazine groups is 1. The zero-order valence-electron chi connectivity index (χ0n) is 11.7. The minimum absolute atomic E-state index is 0.389. The lowest BCUT2D eigenvalue weighted by molar-refractivity contribution is 0.377. The number of rotatable bonds is 5. The van der Waals surface area contributed by atoms with Crippen molar-refractivity contribution in [2.75, 3.05) is 17.3 Å².